The molecule has 1 aromatic heterocycles. The fourth-order valence-corrected chi connectivity index (χ4v) is 4.26. The maximum Gasteiger partial charge on any atom is 0.435 e. The van der Waals surface area contributed by atoms with Crippen LogP contribution in [0.5, 0.6) is 0 Å². The van der Waals surface area contributed by atoms with Crippen LogP contribution >= 0.6 is 0 Å². The van der Waals surface area contributed by atoms with Crippen LogP contribution < -0.4 is 10.4 Å². The molecule has 0 bridgehead atoms. The molecular weight excluding hydrogens is 470 g/mol. The van der Waals surface area contributed by atoms with Crippen molar-refractivity contribution in [2.45, 2.75) is 51.5 Å². The lowest BCUT2D eigenvalue weighted by Gasteiger charge is -2.47. The molecule has 1 fully saturated rings. The lowest BCUT2D eigenvalue weighted by molar-refractivity contribution is -0.271. The number of nitrogens with zero attached hydrogens (tertiary/aromatic N) is 3. The molecule has 34 heavy (non-hydrogen) atoms. The van der Waals surface area contributed by atoms with E-state index in [0.29, 0.717) is 6.42 Å². The number of likely N-dealkylation sites (tertiary alicyclic amines) is 1. The summed E-state index contributed by atoms with van der Waals surface area (Å²) in [7, 11) is 0. The SMILES string of the molecule is CC(C)(C)C1(C(=O)Nc2ccc(-n3nc(C(F)(F)F)cc3C(F)(F)F)cc2)CCCN1C(=O)[O-]. The third-order valence-electron chi connectivity index (χ3n) is 5.88. The second kappa shape index (κ2) is 8.20. The standard InChI is InChI=1S/C21H22F6N4O3/c1-18(2,3)19(9-4-10-30(19)17(33)34)16(32)28-12-5-7-13(8-6-12)31-15(21(25,26)27)11-14(29-31)20(22,23)24/h5-8,11H,4,9-10H2,1-3H3,(H,28,32)(H,33,34)/p-1. The normalized spacial score (nSPS) is 19.4. The Kier molecular flexibility index (Phi) is 6.12. The van der Waals surface area contributed by atoms with Crippen molar-refractivity contribution < 1.29 is 41.0 Å². The molecule has 13 heteroatoms. The van der Waals surface area contributed by atoms with Crippen molar-refractivity contribution in [2.24, 2.45) is 5.41 Å². The van der Waals surface area contributed by atoms with E-state index >= 15 is 0 Å². The number of amides is 2. The minimum atomic E-state index is -5.10. The fourth-order valence-electron chi connectivity index (χ4n) is 4.26. The third kappa shape index (κ3) is 4.42. The summed E-state index contributed by atoms with van der Waals surface area (Å²) in [5, 5.41) is 17.3. The highest BCUT2D eigenvalue weighted by atomic mass is 19.4. The molecule has 0 radical (unpaired) electrons. The number of halogens is 6. The monoisotopic (exact) mass is 491 g/mol. The number of hydrogen-bond acceptors (Lipinski definition) is 4. The number of carboxylic acid groups (broad SMARTS) is 1. The van der Waals surface area contributed by atoms with E-state index in [4.69, 9.17) is 0 Å². The van der Waals surface area contributed by atoms with E-state index in [2.05, 4.69) is 10.4 Å². The smallest absolute Gasteiger partial charge is 0.435 e. The van der Waals surface area contributed by atoms with Crippen LogP contribution in [0.15, 0.2) is 30.3 Å². The van der Waals surface area contributed by atoms with Gasteiger partial charge in [-0.05, 0) is 42.5 Å². The van der Waals surface area contributed by atoms with Gasteiger partial charge in [-0.1, -0.05) is 20.8 Å². The van der Waals surface area contributed by atoms with E-state index in [1.165, 1.54) is 12.1 Å². The van der Waals surface area contributed by atoms with Crippen molar-refractivity contribution in [3.63, 3.8) is 0 Å². The van der Waals surface area contributed by atoms with Crippen LogP contribution in [0.2, 0.25) is 0 Å². The molecule has 1 saturated heterocycles. The van der Waals surface area contributed by atoms with Gasteiger partial charge < -0.3 is 20.1 Å². The minimum Gasteiger partial charge on any atom is -0.530 e. The molecule has 7 nitrogen and oxygen atoms in total. The van der Waals surface area contributed by atoms with E-state index in [9.17, 15) is 41.0 Å². The minimum absolute atomic E-state index is 0.0859. The zero-order valence-corrected chi connectivity index (χ0v) is 18.3. The number of nitrogens with one attached hydrogen (secondary N) is 1. The first kappa shape index (κ1) is 25.4. The van der Waals surface area contributed by atoms with Gasteiger partial charge in [-0.3, -0.25) is 4.79 Å². The van der Waals surface area contributed by atoms with Crippen LogP contribution in [0.3, 0.4) is 0 Å². The summed E-state index contributed by atoms with van der Waals surface area (Å²) in [6.07, 6.45) is -11.0. The van der Waals surface area contributed by atoms with E-state index in [0.717, 1.165) is 17.0 Å². The molecule has 2 heterocycles. The molecule has 1 aliphatic rings. The lowest BCUT2D eigenvalue weighted by Crippen LogP contribution is -2.64. The fraction of sp³-hybridized carbons (Fsp3) is 0.476. The Morgan fingerprint density at radius 1 is 1.03 bits per heavy atom. The highest BCUT2D eigenvalue weighted by Gasteiger charge is 2.55. The zero-order valence-electron chi connectivity index (χ0n) is 18.3. The number of rotatable bonds is 3. The molecule has 0 saturated carbocycles. The van der Waals surface area contributed by atoms with Gasteiger partial charge in [-0.15, -0.1) is 0 Å². The van der Waals surface area contributed by atoms with Gasteiger partial charge in [-0.25, -0.2) is 4.68 Å². The van der Waals surface area contributed by atoms with Gasteiger partial charge in [0.05, 0.1) is 5.69 Å². The number of aromatic nitrogens is 2. The predicted molar refractivity (Wildman–Crippen MR) is 106 cm³/mol. The largest absolute Gasteiger partial charge is 0.530 e. The molecule has 2 amide bonds. The number of alkyl halides is 6. The number of carbonyl (C=O) groups is 2. The first-order valence-corrected chi connectivity index (χ1v) is 10.1. The van der Waals surface area contributed by atoms with Crippen molar-refractivity contribution in [3.8, 4) is 5.69 Å². The summed E-state index contributed by atoms with van der Waals surface area (Å²) in [4.78, 5) is 25.8. The van der Waals surface area contributed by atoms with E-state index in [-0.39, 0.29) is 35.1 Å². The van der Waals surface area contributed by atoms with Crippen molar-refractivity contribution in [3.05, 3.63) is 41.7 Å². The zero-order chi connectivity index (χ0) is 25.7. The summed E-state index contributed by atoms with van der Waals surface area (Å²) < 4.78 is 78.7. The highest BCUT2D eigenvalue weighted by molar-refractivity contribution is 6.00. The molecule has 3 rings (SSSR count). The lowest BCUT2D eigenvalue weighted by atomic mass is 9.71. The second-order valence-corrected chi connectivity index (χ2v) is 8.95. The van der Waals surface area contributed by atoms with Gasteiger partial charge in [0, 0.05) is 18.3 Å². The second-order valence-electron chi connectivity index (χ2n) is 8.95. The average molecular weight is 491 g/mol. The highest BCUT2D eigenvalue weighted by Crippen LogP contribution is 2.44. The van der Waals surface area contributed by atoms with Crippen molar-refractivity contribution in [1.29, 1.82) is 0 Å². The van der Waals surface area contributed by atoms with Gasteiger partial charge in [0.25, 0.3) is 5.91 Å². The molecule has 0 aliphatic carbocycles. The summed E-state index contributed by atoms with van der Waals surface area (Å²) in [5.74, 6) is -0.649. The van der Waals surface area contributed by atoms with E-state index in [1.54, 1.807) is 20.8 Å². The number of anilines is 1. The van der Waals surface area contributed by atoms with E-state index < -0.39 is 46.7 Å². The maximum atomic E-state index is 13.3. The number of carbonyl (C=O) groups excluding carboxylic acids is 2. The Balaban J connectivity index is 1.93. The summed E-state index contributed by atoms with van der Waals surface area (Å²) in [5.41, 5.74) is -5.79. The molecule has 1 atom stereocenters. The molecule has 1 aliphatic heterocycles. The summed E-state index contributed by atoms with van der Waals surface area (Å²) in [6.45, 7) is 5.20. The maximum absolute atomic E-state index is 13.3. The first-order chi connectivity index (χ1) is 15.5. The van der Waals surface area contributed by atoms with Crippen LogP contribution in [0, 0.1) is 5.41 Å². The number of hydrogen-bond donors (Lipinski definition) is 1. The van der Waals surface area contributed by atoms with Gasteiger partial charge in [0.1, 0.15) is 17.3 Å². The topological polar surface area (TPSA) is 90.3 Å². The van der Waals surface area contributed by atoms with Crippen molar-refractivity contribution in [1.82, 2.24) is 14.7 Å². The molecule has 186 valence electrons. The van der Waals surface area contributed by atoms with Crippen LogP contribution in [0.4, 0.5) is 36.8 Å². The van der Waals surface area contributed by atoms with Crippen LogP contribution in [-0.2, 0) is 17.1 Å². The molecule has 1 N–H and O–H groups in total. The van der Waals surface area contributed by atoms with Crippen LogP contribution in [0.1, 0.15) is 45.0 Å². The molecule has 0 spiro atoms. The Morgan fingerprint density at radius 3 is 2.09 bits per heavy atom. The Morgan fingerprint density at radius 2 is 1.62 bits per heavy atom. The molecule has 1 aromatic carbocycles. The Hall–Kier alpha value is -3.25. The van der Waals surface area contributed by atoms with Crippen LogP contribution in [0.25, 0.3) is 5.69 Å². The molecule has 1 unspecified atom stereocenters. The van der Waals surface area contributed by atoms with Gasteiger partial charge in [0.15, 0.2) is 5.69 Å². The van der Waals surface area contributed by atoms with Gasteiger partial charge >= 0.3 is 12.4 Å². The third-order valence-corrected chi connectivity index (χ3v) is 5.88. The predicted octanol–water partition coefficient (Wildman–Crippen LogP) is 4.07. The average Bonchev–Trinajstić information content (AvgIpc) is 3.33. The van der Waals surface area contributed by atoms with Gasteiger partial charge in [0.2, 0.25) is 0 Å². The van der Waals surface area contributed by atoms with Gasteiger partial charge in [-0.2, -0.15) is 31.4 Å². The molecular formula is C21H21F6N4O3-. The summed E-state index contributed by atoms with van der Waals surface area (Å²) in [6, 6.07) is 4.42. The summed E-state index contributed by atoms with van der Waals surface area (Å²) >= 11 is 0. The molecule has 2 aromatic rings. The van der Waals surface area contributed by atoms with Crippen molar-refractivity contribution >= 4 is 17.7 Å². The first-order valence-electron chi connectivity index (χ1n) is 10.1. The van der Waals surface area contributed by atoms with Crippen LogP contribution in [-0.4, -0.2) is 38.8 Å². The van der Waals surface area contributed by atoms with E-state index in [1.807, 2.05) is 0 Å². The quantitative estimate of drug-likeness (QED) is 0.656. The Bertz CT molecular complexity index is 1090. The Labute approximate surface area is 190 Å². The number of benzene rings is 1. The van der Waals surface area contributed by atoms with Crippen molar-refractivity contribution in [2.75, 3.05) is 11.9 Å².